The van der Waals surface area contributed by atoms with Gasteiger partial charge in [0.05, 0.1) is 75.4 Å². The Kier molecular flexibility index (Phi) is 44.1. The number of thiophene rings is 4. The molecule has 0 spiro atoms. The second-order valence-electron chi connectivity index (χ2n) is 32.8. The van der Waals surface area contributed by atoms with E-state index in [4.69, 9.17) is 13.5 Å². The molecule has 0 aliphatic rings. The number of aromatic nitrogens is 4. The van der Waals surface area contributed by atoms with E-state index in [2.05, 4.69) is 96.8 Å². The van der Waals surface area contributed by atoms with Crippen LogP contribution in [0.3, 0.4) is 0 Å². The molecule has 0 saturated carbocycles. The SMILES string of the molecule is CCCCCCCCCCCCC(CCCCCCCCCC)Cn1c2c3sc(/C=C/C=O)c(CCCCCCCCCCC)c3sc2c2c3nsnc3c3c4sc5c(CCCCCCCCCCC)c(/C=C/OC)sc5c4n(CC(CCCCCCCCCC)CCCCCCCCCCCC)c3c21. The van der Waals surface area contributed by atoms with Crippen molar-refractivity contribution in [1.82, 2.24) is 17.9 Å². The molecule has 7 aromatic heterocycles. The number of fused-ring (bicyclic) bond motifs is 14. The average molecular weight is 1530 g/mol. The minimum atomic E-state index is 0.571. The molecular weight excluding hydrogens is 1380 g/mol. The van der Waals surface area contributed by atoms with Gasteiger partial charge in [-0.3, -0.25) is 4.79 Å². The summed E-state index contributed by atoms with van der Waals surface area (Å²) in [6.07, 6.45) is 89.8. The molecule has 2 atom stereocenters. The maximum atomic E-state index is 12.4. The number of ether oxygens (including phenoxy) is 1. The van der Waals surface area contributed by atoms with Crippen LogP contribution in [0.5, 0.6) is 0 Å². The van der Waals surface area contributed by atoms with Gasteiger partial charge >= 0.3 is 0 Å². The molecule has 2 unspecified atom stereocenters. The summed E-state index contributed by atoms with van der Waals surface area (Å²) < 4.78 is 31.8. The fourth-order valence-corrected chi connectivity index (χ4v) is 24.1. The third-order valence-electron chi connectivity index (χ3n) is 23.9. The Morgan fingerprint density at radius 2 is 0.600 bits per heavy atom. The lowest BCUT2D eigenvalue weighted by Crippen LogP contribution is -2.14. The summed E-state index contributed by atoms with van der Waals surface area (Å²) in [7, 11) is 1.82. The Hall–Kier alpha value is -3.09. The van der Waals surface area contributed by atoms with E-state index in [1.54, 1.807) is 11.6 Å². The summed E-state index contributed by atoms with van der Waals surface area (Å²) in [6.45, 7) is 16.1. The highest BCUT2D eigenvalue weighted by molar-refractivity contribution is 7.34. The van der Waals surface area contributed by atoms with Crippen LogP contribution >= 0.6 is 57.1 Å². The smallest absolute Gasteiger partial charge is 0.142 e. The van der Waals surface area contributed by atoms with E-state index in [1.165, 1.54) is 460 Å². The Labute approximate surface area is 662 Å². The summed E-state index contributed by atoms with van der Waals surface area (Å²) in [6, 6.07) is 0. The molecule has 0 saturated heterocycles. The van der Waals surface area contributed by atoms with Crippen molar-refractivity contribution in [2.75, 3.05) is 7.11 Å². The number of methoxy groups -OCH3 is 1. The summed E-state index contributed by atoms with van der Waals surface area (Å²) in [4.78, 5) is 15.1. The number of aldehydes is 1. The second-order valence-corrected chi connectivity index (χ2v) is 37.5. The predicted octanol–water partition coefficient (Wildman–Crippen LogP) is 34.4. The van der Waals surface area contributed by atoms with Crippen LogP contribution in [0.4, 0.5) is 0 Å². The Bertz CT molecular complexity index is 3650. The van der Waals surface area contributed by atoms with E-state index < -0.39 is 0 Å². The maximum absolute atomic E-state index is 12.4. The monoisotopic (exact) mass is 1530 g/mol. The van der Waals surface area contributed by atoms with Gasteiger partial charge in [-0.15, -0.1) is 45.3 Å². The number of carbonyl (C=O) groups excluding carboxylic acids is 1. The summed E-state index contributed by atoms with van der Waals surface area (Å²) in [5.74, 6) is 1.15. The first-order valence-electron chi connectivity index (χ1n) is 45.3. The van der Waals surface area contributed by atoms with Crippen molar-refractivity contribution in [2.24, 2.45) is 11.8 Å². The van der Waals surface area contributed by atoms with Crippen LogP contribution in [0.2, 0.25) is 0 Å². The summed E-state index contributed by atoms with van der Waals surface area (Å²) >= 11 is 9.70. The van der Waals surface area contributed by atoms with Crippen molar-refractivity contribution in [3.8, 4) is 0 Å². The van der Waals surface area contributed by atoms with Gasteiger partial charge in [0.2, 0.25) is 0 Å². The van der Waals surface area contributed by atoms with Crippen molar-refractivity contribution < 1.29 is 9.53 Å². The molecule has 6 nitrogen and oxygen atoms in total. The van der Waals surface area contributed by atoms with E-state index in [-0.39, 0.29) is 0 Å². The van der Waals surface area contributed by atoms with Gasteiger partial charge in [0.25, 0.3) is 0 Å². The normalized spacial score (nSPS) is 13.1. The zero-order valence-corrected chi connectivity index (χ0v) is 72.6. The van der Waals surface area contributed by atoms with Gasteiger partial charge in [0.1, 0.15) is 17.3 Å². The van der Waals surface area contributed by atoms with Crippen LogP contribution in [0, 0.1) is 11.8 Å². The van der Waals surface area contributed by atoms with Crippen molar-refractivity contribution in [1.29, 1.82) is 0 Å². The molecule has 0 aliphatic carbocycles. The van der Waals surface area contributed by atoms with Crippen LogP contribution in [-0.4, -0.2) is 31.3 Å². The third kappa shape index (κ3) is 27.7. The van der Waals surface area contributed by atoms with Crippen molar-refractivity contribution in [3.63, 3.8) is 0 Å². The first kappa shape index (κ1) is 87.5. The number of hydrogen-bond acceptors (Lipinski definition) is 9. The average Bonchev–Trinajstić information content (AvgIpc) is 1.51. The predicted molar refractivity (Wildman–Crippen MR) is 477 cm³/mol. The van der Waals surface area contributed by atoms with Crippen molar-refractivity contribution >= 4 is 148 Å². The highest BCUT2D eigenvalue weighted by Gasteiger charge is 2.33. The molecule has 1 aromatic carbocycles. The molecule has 0 amide bonds. The number of unbranched alkanes of at least 4 members (excludes halogenated alkanes) is 48. The lowest BCUT2D eigenvalue weighted by Gasteiger charge is -2.22. The van der Waals surface area contributed by atoms with Gasteiger partial charge in [-0.05, 0) is 92.6 Å². The van der Waals surface area contributed by atoms with Gasteiger partial charge in [0, 0.05) is 33.6 Å². The van der Waals surface area contributed by atoms with E-state index in [1.807, 2.05) is 24.7 Å². The van der Waals surface area contributed by atoms with Gasteiger partial charge in [-0.25, -0.2) is 0 Å². The zero-order chi connectivity index (χ0) is 73.7. The number of rotatable bonds is 68. The van der Waals surface area contributed by atoms with Crippen LogP contribution in [0.25, 0.3) is 84.2 Å². The fraction of sp³-hybridized carbons (Fsp3) is 0.755. The number of hydrogen-bond donors (Lipinski definition) is 0. The lowest BCUT2D eigenvalue weighted by molar-refractivity contribution is -0.104. The standard InChI is InChI=1S/C94H152N4O2S5/c1-8-14-20-26-32-38-42-46-52-58-65-75(63-56-50-44-36-30-24-18-12-5)73-97-85-81(91-87(97)93-89(103-91)77(79(101-93)69-62-71-99)67-60-54-48-40-34-28-22-16-10-3)83-84(96-105-95-83)82-86(85)98(74-76(64-57-51-45-37-31-25-19-13-6)66-59-53-47-43-39-33-27-21-15-9-2)88-92(82)104-90-78(80(70-72-100-7)102-94(88)90)68-61-55-49-41-35-29-23-17-11-4/h62,69-72,75-76H,8-61,63-68,73-74H2,1-7H3/b69-62+,72-70+. The molecule has 0 N–H and O–H groups in total. The minimum absolute atomic E-state index is 0.571. The molecule has 105 heavy (non-hydrogen) atoms. The van der Waals surface area contributed by atoms with Crippen LogP contribution in [-0.2, 0) is 35.5 Å². The largest absolute Gasteiger partial charge is 0.504 e. The third-order valence-corrected chi connectivity index (χ3v) is 29.6. The van der Waals surface area contributed by atoms with Gasteiger partial charge in [0.15, 0.2) is 0 Å². The lowest BCUT2D eigenvalue weighted by atomic mass is 9.93. The molecule has 590 valence electrons. The van der Waals surface area contributed by atoms with E-state index >= 15 is 0 Å². The van der Waals surface area contributed by atoms with Crippen LogP contribution in [0.1, 0.15) is 435 Å². The topological polar surface area (TPSA) is 61.9 Å². The molecule has 0 fully saturated rings. The molecule has 7 heterocycles. The number of allylic oxidation sites excluding steroid dienone is 1. The van der Waals surface area contributed by atoms with Gasteiger partial charge in [-0.1, -0.05) is 375 Å². The van der Waals surface area contributed by atoms with E-state index in [0.717, 1.165) is 43.3 Å². The van der Waals surface area contributed by atoms with Crippen molar-refractivity contribution in [2.45, 2.75) is 440 Å². The number of aryl methyl sites for hydroxylation is 2. The quantitative estimate of drug-likeness (QED) is 0.0165. The Balaban J connectivity index is 1.32. The fourth-order valence-electron chi connectivity index (χ4n) is 17.7. The number of carbonyl (C=O) groups is 1. The molecule has 0 bridgehead atoms. The van der Waals surface area contributed by atoms with Gasteiger partial charge in [-0.2, -0.15) is 8.75 Å². The molecule has 8 aromatic rings. The van der Waals surface area contributed by atoms with Crippen molar-refractivity contribution in [3.05, 3.63) is 33.2 Å². The molecule has 0 aliphatic heterocycles. The molecule has 8 rings (SSSR count). The van der Waals surface area contributed by atoms with E-state index in [0.29, 0.717) is 11.8 Å². The Morgan fingerprint density at radius 3 is 0.886 bits per heavy atom. The van der Waals surface area contributed by atoms with E-state index in [9.17, 15) is 4.79 Å². The molecule has 11 heteroatoms. The Morgan fingerprint density at radius 1 is 0.324 bits per heavy atom. The van der Waals surface area contributed by atoms with Crippen LogP contribution < -0.4 is 0 Å². The maximum Gasteiger partial charge on any atom is 0.142 e. The number of benzene rings is 1. The molecular formula is C94H152N4O2S5. The summed E-state index contributed by atoms with van der Waals surface area (Å²) in [5, 5.41) is 2.75. The highest BCUT2D eigenvalue weighted by atomic mass is 32.1. The second kappa shape index (κ2) is 53.0. The number of nitrogens with zero attached hydrogens (tertiary/aromatic N) is 4. The molecule has 0 radical (unpaired) electrons. The first-order valence-corrected chi connectivity index (χ1v) is 49.3. The summed E-state index contributed by atoms with van der Waals surface area (Å²) in [5.41, 5.74) is 11.1. The first-order chi connectivity index (χ1) is 52.0. The highest BCUT2D eigenvalue weighted by Crippen LogP contribution is 2.55. The van der Waals surface area contributed by atoms with Crippen LogP contribution in [0.15, 0.2) is 12.3 Å². The van der Waals surface area contributed by atoms with Gasteiger partial charge < -0.3 is 13.9 Å². The minimum Gasteiger partial charge on any atom is -0.504 e. The zero-order valence-electron chi connectivity index (χ0n) is 68.5.